The number of ether oxygens (including phenoxy) is 2. The first-order valence-corrected chi connectivity index (χ1v) is 26.4. The molecule has 6 aromatic carbocycles. The van der Waals surface area contributed by atoms with Gasteiger partial charge in [-0.25, -0.2) is 14.3 Å². The third-order valence-corrected chi connectivity index (χ3v) is 17.6. The first kappa shape index (κ1) is 47.7. The van der Waals surface area contributed by atoms with Crippen LogP contribution in [0, 0.1) is 27.9 Å². The highest BCUT2D eigenvalue weighted by Crippen LogP contribution is 2.54. The summed E-state index contributed by atoms with van der Waals surface area (Å²) in [4.78, 5) is 47.1. The monoisotopic (exact) mass is 986 g/mol. The number of para-hydroxylation sites is 1. The zero-order valence-corrected chi connectivity index (χ0v) is 42.2. The van der Waals surface area contributed by atoms with Crippen LogP contribution in [-0.2, 0) is 39.8 Å². The minimum Gasteiger partial charge on any atom is -0.465 e. The molecule has 1 aromatic heterocycles. The van der Waals surface area contributed by atoms with Crippen LogP contribution in [0.1, 0.15) is 111 Å². The molecule has 0 radical (unpaired) electrons. The molecule has 3 saturated carbocycles. The molecule has 0 amide bonds. The maximum absolute atomic E-state index is 13.7. The Morgan fingerprint density at radius 1 is 0.743 bits per heavy atom. The maximum atomic E-state index is 13.7. The number of hydrogen-bond acceptors (Lipinski definition) is 10. The molecule has 0 bridgehead atoms. The number of hydrogen-bond donors (Lipinski definition) is 0. The summed E-state index contributed by atoms with van der Waals surface area (Å²) in [5.74, 6) is 0.798. The van der Waals surface area contributed by atoms with Gasteiger partial charge in [0, 0.05) is 67.9 Å². The molecular formula is C62H62N6O6. The van der Waals surface area contributed by atoms with Crippen LogP contribution in [0.2, 0.25) is 0 Å². The van der Waals surface area contributed by atoms with Crippen molar-refractivity contribution in [3.8, 4) is 5.69 Å². The molecule has 2 aliphatic heterocycles. The standard InChI is InChI=1S/C62H62N6O6/c1-73-59(69)54-17-7-14-44(58(54)68(71)72)33-63-51-23-19-47(20-24-51)61-28-8-16-50(61)38-66(40-61)35-43-13-6-12-42(30-43)31-46-32-55(46)53-27-18-45-36-67(64-57(45)56(53)60(70)74-2)52-25-21-48(22-26-52)62-29-9-15-49(62)37-65(39-62)34-41-10-4-3-5-11-41/h3-7,10-14,17-27,30,33,36,46,49-50,55H,8-9,15-16,28-29,31-32,34-35,37-40H2,1-2H3/t46?,49?,50?,55-,61?,62?/m0/s1. The van der Waals surface area contributed by atoms with Gasteiger partial charge < -0.3 is 9.47 Å². The third kappa shape index (κ3) is 8.81. The van der Waals surface area contributed by atoms with E-state index in [1.165, 1.54) is 86.4 Å². The number of nitro benzene ring substituents is 1. The van der Waals surface area contributed by atoms with E-state index in [1.807, 2.05) is 23.0 Å². The number of aliphatic imine (C=N–C) groups is 1. The molecule has 12 heteroatoms. The number of likely N-dealkylation sites (tertiary alicyclic amines) is 2. The minimum atomic E-state index is -0.761. The van der Waals surface area contributed by atoms with Crippen molar-refractivity contribution in [1.29, 1.82) is 0 Å². The number of carbonyl (C=O) groups is 2. The Labute approximate surface area is 432 Å². The van der Waals surface area contributed by atoms with Crippen LogP contribution >= 0.6 is 0 Å². The predicted octanol–water partition coefficient (Wildman–Crippen LogP) is 11.7. The zero-order chi connectivity index (χ0) is 50.6. The van der Waals surface area contributed by atoms with Crippen LogP contribution in [0.5, 0.6) is 0 Å². The number of benzene rings is 6. The molecule has 12 nitrogen and oxygen atoms in total. The fraction of sp³-hybridized carbons (Fsp3) is 0.355. The molecule has 376 valence electrons. The first-order valence-electron chi connectivity index (χ1n) is 26.4. The highest BCUT2D eigenvalue weighted by atomic mass is 16.6. The van der Waals surface area contributed by atoms with E-state index in [0.717, 1.165) is 75.2 Å². The summed E-state index contributed by atoms with van der Waals surface area (Å²) in [7, 11) is 2.67. The van der Waals surface area contributed by atoms with E-state index in [2.05, 4.69) is 118 Å². The number of nitro groups is 1. The van der Waals surface area contributed by atoms with Crippen LogP contribution in [-0.4, -0.2) is 83.1 Å². The van der Waals surface area contributed by atoms with E-state index >= 15 is 0 Å². The third-order valence-electron chi connectivity index (χ3n) is 17.6. The van der Waals surface area contributed by atoms with Gasteiger partial charge in [0.2, 0.25) is 0 Å². The summed E-state index contributed by atoms with van der Waals surface area (Å²) in [6, 6.07) is 46.1. The van der Waals surface area contributed by atoms with Gasteiger partial charge >= 0.3 is 11.9 Å². The van der Waals surface area contributed by atoms with Gasteiger partial charge in [-0.05, 0) is 132 Å². The van der Waals surface area contributed by atoms with Crippen molar-refractivity contribution < 1.29 is 24.0 Å². The van der Waals surface area contributed by atoms with Crippen LogP contribution < -0.4 is 0 Å². The normalized spacial score (nSPS) is 24.4. The average molecular weight is 987 g/mol. The molecule has 12 rings (SSSR count). The van der Waals surface area contributed by atoms with E-state index in [0.29, 0.717) is 34.5 Å². The number of fused-ring (bicyclic) bond motifs is 3. The highest BCUT2D eigenvalue weighted by Gasteiger charge is 2.51. The van der Waals surface area contributed by atoms with Crippen LogP contribution in [0.4, 0.5) is 11.4 Å². The molecule has 6 atom stereocenters. The second-order valence-electron chi connectivity index (χ2n) is 21.8. The predicted molar refractivity (Wildman–Crippen MR) is 287 cm³/mol. The van der Waals surface area contributed by atoms with E-state index < -0.39 is 10.9 Å². The fourth-order valence-electron chi connectivity index (χ4n) is 14.1. The summed E-state index contributed by atoms with van der Waals surface area (Å²) in [5.41, 5.74) is 10.8. The largest absolute Gasteiger partial charge is 0.465 e. The van der Waals surface area contributed by atoms with Crippen molar-refractivity contribution in [2.45, 2.75) is 81.2 Å². The van der Waals surface area contributed by atoms with Crippen molar-refractivity contribution >= 4 is 40.4 Å². The molecular weight excluding hydrogens is 925 g/mol. The first-order chi connectivity index (χ1) is 36.1. The molecule has 3 aliphatic carbocycles. The second-order valence-corrected chi connectivity index (χ2v) is 21.8. The second kappa shape index (κ2) is 19.5. The lowest BCUT2D eigenvalue weighted by atomic mass is 9.74. The molecule has 3 heterocycles. The fourth-order valence-corrected chi connectivity index (χ4v) is 14.1. The van der Waals surface area contributed by atoms with Crippen LogP contribution in [0.25, 0.3) is 16.6 Å². The molecule has 5 unspecified atom stereocenters. The van der Waals surface area contributed by atoms with E-state index in [9.17, 15) is 19.7 Å². The van der Waals surface area contributed by atoms with E-state index in [4.69, 9.17) is 14.6 Å². The Kier molecular flexibility index (Phi) is 12.6. The van der Waals surface area contributed by atoms with Gasteiger partial charge in [0.25, 0.3) is 5.69 Å². The quantitative estimate of drug-likeness (QED) is 0.0426. The van der Waals surface area contributed by atoms with Crippen LogP contribution in [0.3, 0.4) is 0 Å². The summed E-state index contributed by atoms with van der Waals surface area (Å²) in [5, 5.41) is 18.0. The Morgan fingerprint density at radius 3 is 2.05 bits per heavy atom. The SMILES string of the molecule is COC(=O)c1cccc(C=Nc2ccc(C34CCCC3CN(Cc3cccc(CC5C[C@@H]5c5ccc6cn(-c7ccc(C89CCCC8CN(Cc8ccccc8)C9)cc7)nc6c5C(=O)OC)c3)C4)cc2)c1[N+](=O)[O-]. The smallest absolute Gasteiger partial charge is 0.344 e. The zero-order valence-electron chi connectivity index (χ0n) is 42.2. The summed E-state index contributed by atoms with van der Waals surface area (Å²) in [6.07, 6.45) is 12.8. The highest BCUT2D eigenvalue weighted by molar-refractivity contribution is 6.04. The number of aromatic nitrogens is 2. The average Bonchev–Trinajstić information content (AvgIpc) is 3.91. The lowest BCUT2D eigenvalue weighted by molar-refractivity contribution is -0.385. The van der Waals surface area contributed by atoms with Crippen molar-refractivity contribution in [2.75, 3.05) is 40.4 Å². The van der Waals surface area contributed by atoms with Crippen molar-refractivity contribution in [3.05, 3.63) is 200 Å². The Bertz CT molecular complexity index is 3300. The van der Waals surface area contributed by atoms with Gasteiger partial charge in [0.1, 0.15) is 11.1 Å². The number of esters is 2. The molecule has 5 fully saturated rings. The van der Waals surface area contributed by atoms with Crippen molar-refractivity contribution in [1.82, 2.24) is 19.6 Å². The minimum absolute atomic E-state index is 0.0632. The van der Waals surface area contributed by atoms with Gasteiger partial charge in [-0.2, -0.15) is 5.10 Å². The summed E-state index contributed by atoms with van der Waals surface area (Å²) < 4.78 is 12.2. The Hall–Kier alpha value is -7.28. The number of rotatable bonds is 15. The van der Waals surface area contributed by atoms with E-state index in [1.54, 1.807) is 12.1 Å². The molecule has 74 heavy (non-hydrogen) atoms. The number of methoxy groups -OCH3 is 2. The van der Waals surface area contributed by atoms with Gasteiger partial charge in [-0.1, -0.05) is 110 Å². The number of nitrogens with zero attached hydrogens (tertiary/aromatic N) is 6. The molecule has 5 aliphatic rings. The Balaban J connectivity index is 0.705. The van der Waals surface area contributed by atoms with E-state index in [-0.39, 0.29) is 39.5 Å². The topological polar surface area (TPSA) is 132 Å². The van der Waals surface area contributed by atoms with Gasteiger partial charge in [0.15, 0.2) is 0 Å². The summed E-state index contributed by atoms with van der Waals surface area (Å²) >= 11 is 0. The lowest BCUT2D eigenvalue weighted by Gasteiger charge is -2.30. The van der Waals surface area contributed by atoms with Gasteiger partial charge in [0.05, 0.1) is 41.6 Å². The Morgan fingerprint density at radius 2 is 1.38 bits per heavy atom. The summed E-state index contributed by atoms with van der Waals surface area (Å²) in [6.45, 7) is 6.15. The lowest BCUT2D eigenvalue weighted by Crippen LogP contribution is -2.31. The number of carbonyl (C=O) groups excluding carboxylic acids is 2. The molecule has 2 saturated heterocycles. The maximum Gasteiger partial charge on any atom is 0.344 e. The van der Waals surface area contributed by atoms with Crippen molar-refractivity contribution in [3.63, 3.8) is 0 Å². The molecule has 0 N–H and O–H groups in total. The van der Waals surface area contributed by atoms with Crippen LogP contribution in [0.15, 0.2) is 145 Å². The molecule has 7 aromatic rings. The van der Waals surface area contributed by atoms with Gasteiger partial charge in [-0.15, -0.1) is 0 Å². The van der Waals surface area contributed by atoms with Crippen molar-refractivity contribution in [2.24, 2.45) is 22.7 Å². The molecule has 0 spiro atoms. The van der Waals surface area contributed by atoms with Gasteiger partial charge in [-0.3, -0.25) is 24.9 Å².